The third-order valence-corrected chi connectivity index (χ3v) is 4.34. The minimum absolute atomic E-state index is 0.178. The summed E-state index contributed by atoms with van der Waals surface area (Å²) >= 11 is 0. The summed E-state index contributed by atoms with van der Waals surface area (Å²) in [7, 11) is 0. The Labute approximate surface area is 141 Å². The maximum absolute atomic E-state index is 12.2. The molecule has 1 heterocycles. The highest BCUT2D eigenvalue weighted by atomic mass is 16.5. The summed E-state index contributed by atoms with van der Waals surface area (Å²) in [4.78, 5) is 24.0. The lowest BCUT2D eigenvalue weighted by molar-refractivity contribution is -0.111. The SMILES string of the molecule is CC(C)=CCC[C@]1(C)C=Cc2c(ccc3c2C(=O)C(=O)C=C3O)O1. The molecule has 0 aromatic heterocycles. The van der Waals surface area contributed by atoms with Gasteiger partial charge in [-0.05, 0) is 51.8 Å². The lowest BCUT2D eigenvalue weighted by Crippen LogP contribution is -2.32. The van der Waals surface area contributed by atoms with E-state index in [0.29, 0.717) is 16.9 Å². The van der Waals surface area contributed by atoms with Crippen molar-refractivity contribution in [2.75, 3.05) is 0 Å². The first kappa shape index (κ1) is 16.2. The number of carbonyl (C=O) groups is 2. The summed E-state index contributed by atoms with van der Waals surface area (Å²) in [6.07, 6.45) is 8.57. The van der Waals surface area contributed by atoms with Crippen molar-refractivity contribution in [3.8, 4) is 5.75 Å². The van der Waals surface area contributed by atoms with Crippen LogP contribution < -0.4 is 4.74 Å². The highest BCUT2D eigenvalue weighted by Crippen LogP contribution is 2.39. The predicted octanol–water partition coefficient (Wildman–Crippen LogP) is 4.26. The van der Waals surface area contributed by atoms with Crippen molar-refractivity contribution in [3.63, 3.8) is 0 Å². The van der Waals surface area contributed by atoms with Crippen LogP contribution in [0.3, 0.4) is 0 Å². The predicted molar refractivity (Wildman–Crippen MR) is 93.1 cm³/mol. The standard InChI is InChI=1S/C20H20O4/c1-12(2)5-4-9-20(3)10-8-14-17(24-20)7-6-13-15(21)11-16(22)19(23)18(13)14/h5-8,10-11,21H,4,9H2,1-3H3/t20-/m1/s1. The Balaban J connectivity index is 1.97. The third kappa shape index (κ3) is 2.80. The molecule has 0 spiro atoms. The molecule has 3 rings (SSSR count). The number of Topliss-reactive ketones (excluding diaryl/α,β-unsaturated/α-hetero) is 1. The van der Waals surface area contributed by atoms with Gasteiger partial charge in [-0.2, -0.15) is 0 Å². The van der Waals surface area contributed by atoms with Gasteiger partial charge in [-0.15, -0.1) is 0 Å². The van der Waals surface area contributed by atoms with E-state index in [4.69, 9.17) is 4.74 Å². The Morgan fingerprint density at radius 1 is 1.29 bits per heavy atom. The van der Waals surface area contributed by atoms with Gasteiger partial charge < -0.3 is 9.84 Å². The molecular weight excluding hydrogens is 304 g/mol. The van der Waals surface area contributed by atoms with Crippen molar-refractivity contribution in [2.45, 2.75) is 39.2 Å². The fourth-order valence-electron chi connectivity index (χ4n) is 3.03. The van der Waals surface area contributed by atoms with Crippen LogP contribution in [-0.2, 0) is 4.79 Å². The molecule has 0 amide bonds. The van der Waals surface area contributed by atoms with Crippen LogP contribution in [0.4, 0.5) is 0 Å². The van der Waals surface area contributed by atoms with Crippen molar-refractivity contribution >= 4 is 23.4 Å². The normalized spacial score (nSPS) is 21.5. The third-order valence-electron chi connectivity index (χ3n) is 4.34. The molecule has 124 valence electrons. The maximum atomic E-state index is 12.2. The number of benzene rings is 1. The molecule has 0 bridgehead atoms. The number of ether oxygens (including phenoxy) is 1. The van der Waals surface area contributed by atoms with Gasteiger partial charge in [0.25, 0.3) is 0 Å². The van der Waals surface area contributed by atoms with Gasteiger partial charge in [0.15, 0.2) is 0 Å². The molecule has 1 N–H and O–H groups in total. The van der Waals surface area contributed by atoms with E-state index in [-0.39, 0.29) is 11.3 Å². The zero-order chi connectivity index (χ0) is 17.5. The molecule has 0 saturated heterocycles. The highest BCUT2D eigenvalue weighted by Gasteiger charge is 2.33. The van der Waals surface area contributed by atoms with E-state index in [1.165, 1.54) is 5.57 Å². The zero-order valence-corrected chi connectivity index (χ0v) is 14.1. The Bertz CT molecular complexity index is 822. The number of allylic oxidation sites excluding steroid dienone is 3. The molecule has 1 aliphatic heterocycles. The number of hydrogen-bond acceptors (Lipinski definition) is 4. The molecule has 1 aromatic rings. The van der Waals surface area contributed by atoms with Crippen LogP contribution in [0.25, 0.3) is 11.8 Å². The van der Waals surface area contributed by atoms with E-state index in [9.17, 15) is 14.7 Å². The van der Waals surface area contributed by atoms with Crippen LogP contribution in [0.2, 0.25) is 0 Å². The van der Waals surface area contributed by atoms with Crippen LogP contribution in [0.15, 0.2) is 35.9 Å². The second-order valence-corrected chi connectivity index (χ2v) is 6.69. The Kier molecular flexibility index (Phi) is 3.91. The average Bonchev–Trinajstić information content (AvgIpc) is 2.51. The summed E-state index contributed by atoms with van der Waals surface area (Å²) in [5.41, 5.74) is 1.96. The van der Waals surface area contributed by atoms with Gasteiger partial charge in [-0.25, -0.2) is 0 Å². The summed E-state index contributed by atoms with van der Waals surface area (Å²) < 4.78 is 6.11. The second kappa shape index (κ2) is 5.78. The zero-order valence-electron chi connectivity index (χ0n) is 14.1. The lowest BCUT2D eigenvalue weighted by Gasteiger charge is -2.32. The molecule has 0 radical (unpaired) electrons. The van der Waals surface area contributed by atoms with E-state index in [2.05, 4.69) is 19.9 Å². The van der Waals surface area contributed by atoms with Gasteiger partial charge in [-0.1, -0.05) is 17.7 Å². The van der Waals surface area contributed by atoms with E-state index < -0.39 is 17.2 Å². The first-order valence-electron chi connectivity index (χ1n) is 7.99. The fraction of sp³-hybridized carbons (Fsp3) is 0.300. The Morgan fingerprint density at radius 2 is 2.04 bits per heavy atom. The highest BCUT2D eigenvalue weighted by molar-refractivity contribution is 6.51. The topological polar surface area (TPSA) is 63.6 Å². The average molecular weight is 324 g/mol. The molecule has 4 heteroatoms. The van der Waals surface area contributed by atoms with E-state index in [0.717, 1.165) is 18.9 Å². The van der Waals surface area contributed by atoms with Gasteiger partial charge in [0.2, 0.25) is 11.6 Å². The van der Waals surface area contributed by atoms with Crippen molar-refractivity contribution in [1.82, 2.24) is 0 Å². The van der Waals surface area contributed by atoms with Gasteiger partial charge in [0.1, 0.15) is 17.1 Å². The molecule has 2 aliphatic rings. The van der Waals surface area contributed by atoms with Crippen LogP contribution in [0.5, 0.6) is 5.75 Å². The van der Waals surface area contributed by atoms with Gasteiger partial charge in [0.05, 0.1) is 0 Å². The molecule has 1 atom stereocenters. The smallest absolute Gasteiger partial charge is 0.234 e. The van der Waals surface area contributed by atoms with E-state index in [1.807, 2.05) is 19.1 Å². The van der Waals surface area contributed by atoms with Crippen molar-refractivity contribution in [2.24, 2.45) is 0 Å². The lowest BCUT2D eigenvalue weighted by atomic mass is 9.86. The second-order valence-electron chi connectivity index (χ2n) is 6.69. The Morgan fingerprint density at radius 3 is 2.75 bits per heavy atom. The molecule has 0 unspecified atom stereocenters. The monoisotopic (exact) mass is 324 g/mol. The number of hydrogen-bond donors (Lipinski definition) is 1. The van der Waals surface area contributed by atoms with Gasteiger partial charge >= 0.3 is 0 Å². The van der Waals surface area contributed by atoms with Crippen molar-refractivity contribution in [3.05, 3.63) is 52.6 Å². The minimum Gasteiger partial charge on any atom is -0.507 e. The molecule has 24 heavy (non-hydrogen) atoms. The van der Waals surface area contributed by atoms with E-state index in [1.54, 1.807) is 12.1 Å². The first-order chi connectivity index (χ1) is 11.3. The summed E-state index contributed by atoms with van der Waals surface area (Å²) in [5.74, 6) is -0.936. The molecular formula is C20H20O4. The van der Waals surface area contributed by atoms with Crippen LogP contribution in [0.1, 0.15) is 55.1 Å². The Hall–Kier alpha value is -2.62. The van der Waals surface area contributed by atoms with Crippen LogP contribution >= 0.6 is 0 Å². The first-order valence-corrected chi connectivity index (χ1v) is 7.99. The number of fused-ring (bicyclic) bond motifs is 3. The molecule has 1 aliphatic carbocycles. The summed E-state index contributed by atoms with van der Waals surface area (Å²) in [6.45, 7) is 6.11. The van der Waals surface area contributed by atoms with Crippen LogP contribution in [0, 0.1) is 0 Å². The largest absolute Gasteiger partial charge is 0.507 e. The van der Waals surface area contributed by atoms with Crippen molar-refractivity contribution in [1.29, 1.82) is 0 Å². The number of ketones is 2. The van der Waals surface area contributed by atoms with Gasteiger partial charge in [-0.3, -0.25) is 9.59 Å². The maximum Gasteiger partial charge on any atom is 0.234 e. The van der Waals surface area contributed by atoms with Crippen molar-refractivity contribution < 1.29 is 19.4 Å². The molecule has 4 nitrogen and oxygen atoms in total. The number of rotatable bonds is 3. The summed E-state index contributed by atoms with van der Waals surface area (Å²) in [6, 6.07) is 3.37. The molecule has 1 aromatic carbocycles. The quantitative estimate of drug-likeness (QED) is 0.666. The van der Waals surface area contributed by atoms with Gasteiger partial charge in [0, 0.05) is 22.8 Å². The number of carbonyl (C=O) groups excluding carboxylic acids is 2. The number of aliphatic hydroxyl groups is 1. The van der Waals surface area contributed by atoms with Crippen LogP contribution in [-0.4, -0.2) is 22.3 Å². The number of aliphatic hydroxyl groups excluding tert-OH is 1. The summed E-state index contributed by atoms with van der Waals surface area (Å²) in [5, 5.41) is 9.94. The molecule has 0 fully saturated rings. The fourth-order valence-corrected chi connectivity index (χ4v) is 3.03. The van der Waals surface area contributed by atoms with E-state index >= 15 is 0 Å². The minimum atomic E-state index is -0.710. The molecule has 0 saturated carbocycles.